The van der Waals surface area contributed by atoms with Crippen molar-refractivity contribution in [3.63, 3.8) is 0 Å². The molecule has 70 valence electrons. The van der Waals surface area contributed by atoms with Gasteiger partial charge in [0.1, 0.15) is 6.61 Å². The van der Waals surface area contributed by atoms with Gasteiger partial charge in [-0.1, -0.05) is 36.4 Å². The van der Waals surface area contributed by atoms with E-state index in [-0.39, 0.29) is 5.78 Å². The first-order valence-corrected chi connectivity index (χ1v) is 4.44. The molecule has 14 heavy (non-hydrogen) atoms. The fourth-order valence-corrected chi connectivity index (χ4v) is 1.45. The molecule has 2 rings (SSSR count). The molecule has 0 amide bonds. The highest BCUT2D eigenvalue weighted by atomic mass is 16.3. The number of hydrogen-bond donors (Lipinski definition) is 1. The SMILES string of the molecule is O=C(CO)c1ccc2ccccc2c1. The quantitative estimate of drug-likeness (QED) is 0.728. The number of rotatable bonds is 2. The Bertz CT molecular complexity index is 474. The van der Waals surface area contributed by atoms with Gasteiger partial charge in [0.05, 0.1) is 0 Å². The number of carbonyl (C=O) groups is 1. The minimum Gasteiger partial charge on any atom is -0.388 e. The number of fused-ring (bicyclic) bond motifs is 1. The highest BCUT2D eigenvalue weighted by Crippen LogP contribution is 2.15. The van der Waals surface area contributed by atoms with Crippen LogP contribution >= 0.6 is 0 Å². The van der Waals surface area contributed by atoms with Gasteiger partial charge in [-0.2, -0.15) is 0 Å². The number of hydrogen-bond acceptors (Lipinski definition) is 2. The lowest BCUT2D eigenvalue weighted by Gasteiger charge is -2.00. The van der Waals surface area contributed by atoms with Crippen LogP contribution in [0.3, 0.4) is 0 Å². The maximum atomic E-state index is 11.2. The van der Waals surface area contributed by atoms with Crippen molar-refractivity contribution in [3.8, 4) is 0 Å². The van der Waals surface area contributed by atoms with Crippen molar-refractivity contribution in [3.05, 3.63) is 48.0 Å². The molecule has 0 spiro atoms. The standard InChI is InChI=1S/C12H10O2/c13-8-12(14)11-6-5-9-3-1-2-4-10(9)7-11/h1-7,13H,8H2. The van der Waals surface area contributed by atoms with Gasteiger partial charge in [-0.25, -0.2) is 0 Å². The second-order valence-electron chi connectivity index (χ2n) is 3.14. The van der Waals surface area contributed by atoms with Crippen LogP contribution in [-0.4, -0.2) is 17.5 Å². The fraction of sp³-hybridized carbons (Fsp3) is 0.0833. The molecule has 0 aliphatic carbocycles. The number of aliphatic hydroxyl groups is 1. The Labute approximate surface area is 81.8 Å². The predicted octanol–water partition coefficient (Wildman–Crippen LogP) is 2.01. The van der Waals surface area contributed by atoms with E-state index in [1.165, 1.54) is 0 Å². The topological polar surface area (TPSA) is 37.3 Å². The Hall–Kier alpha value is -1.67. The Balaban J connectivity index is 2.56. The summed E-state index contributed by atoms with van der Waals surface area (Å²) in [4.78, 5) is 11.2. The molecule has 0 fully saturated rings. The van der Waals surface area contributed by atoms with Crippen LogP contribution in [0.2, 0.25) is 0 Å². The maximum Gasteiger partial charge on any atom is 0.188 e. The molecule has 0 radical (unpaired) electrons. The van der Waals surface area contributed by atoms with Crippen molar-refractivity contribution < 1.29 is 9.90 Å². The monoisotopic (exact) mass is 186 g/mol. The van der Waals surface area contributed by atoms with Crippen LogP contribution in [0.5, 0.6) is 0 Å². The van der Waals surface area contributed by atoms with Crippen LogP contribution in [0.4, 0.5) is 0 Å². The molecule has 1 N–H and O–H groups in total. The third kappa shape index (κ3) is 1.52. The van der Waals surface area contributed by atoms with E-state index in [4.69, 9.17) is 5.11 Å². The molecule has 0 heterocycles. The summed E-state index contributed by atoms with van der Waals surface area (Å²) in [6.07, 6.45) is 0. The molecular formula is C12H10O2. The number of carbonyl (C=O) groups excluding carboxylic acids is 1. The molecule has 0 bridgehead atoms. The summed E-state index contributed by atoms with van der Waals surface area (Å²) in [6, 6.07) is 13.2. The van der Waals surface area contributed by atoms with Crippen LogP contribution in [-0.2, 0) is 0 Å². The van der Waals surface area contributed by atoms with E-state index >= 15 is 0 Å². The van der Waals surface area contributed by atoms with E-state index in [9.17, 15) is 4.79 Å². The Morgan fingerprint density at radius 2 is 1.79 bits per heavy atom. The van der Waals surface area contributed by atoms with Gasteiger partial charge in [-0.15, -0.1) is 0 Å². The largest absolute Gasteiger partial charge is 0.388 e. The van der Waals surface area contributed by atoms with Crippen LogP contribution in [0.25, 0.3) is 10.8 Å². The van der Waals surface area contributed by atoms with Crippen LogP contribution in [0, 0.1) is 0 Å². The molecule has 2 heteroatoms. The molecule has 0 aromatic heterocycles. The Morgan fingerprint density at radius 3 is 2.50 bits per heavy atom. The summed E-state index contributed by atoms with van der Waals surface area (Å²) in [5.74, 6) is -0.240. The molecule has 2 aromatic carbocycles. The summed E-state index contributed by atoms with van der Waals surface area (Å²) in [5, 5.41) is 10.8. The Morgan fingerprint density at radius 1 is 1.07 bits per heavy atom. The average Bonchev–Trinajstić information content (AvgIpc) is 2.27. The zero-order chi connectivity index (χ0) is 9.97. The highest BCUT2D eigenvalue weighted by molar-refractivity contribution is 6.00. The van der Waals surface area contributed by atoms with E-state index in [1.807, 2.05) is 30.3 Å². The molecule has 0 unspecified atom stereocenters. The first-order valence-electron chi connectivity index (χ1n) is 4.44. The molecule has 0 saturated carbocycles. The third-order valence-electron chi connectivity index (χ3n) is 2.22. The zero-order valence-corrected chi connectivity index (χ0v) is 7.60. The van der Waals surface area contributed by atoms with Gasteiger partial charge in [0.2, 0.25) is 0 Å². The fourth-order valence-electron chi connectivity index (χ4n) is 1.45. The lowest BCUT2D eigenvalue weighted by atomic mass is 10.0. The Kier molecular flexibility index (Phi) is 2.29. The summed E-state index contributed by atoms with van der Waals surface area (Å²) < 4.78 is 0. The molecule has 0 aliphatic heterocycles. The van der Waals surface area contributed by atoms with E-state index in [0.29, 0.717) is 5.56 Å². The van der Waals surface area contributed by atoms with Crippen LogP contribution in [0.1, 0.15) is 10.4 Å². The molecule has 0 aliphatic rings. The summed E-state index contributed by atoms with van der Waals surface area (Å²) in [5.41, 5.74) is 0.561. The normalized spacial score (nSPS) is 10.4. The molecule has 2 aromatic rings. The second-order valence-corrected chi connectivity index (χ2v) is 3.14. The van der Waals surface area contributed by atoms with Crippen molar-refractivity contribution in [1.82, 2.24) is 0 Å². The van der Waals surface area contributed by atoms with E-state index < -0.39 is 6.61 Å². The van der Waals surface area contributed by atoms with Crippen molar-refractivity contribution in [1.29, 1.82) is 0 Å². The smallest absolute Gasteiger partial charge is 0.188 e. The molecular weight excluding hydrogens is 176 g/mol. The van der Waals surface area contributed by atoms with Gasteiger partial charge in [0, 0.05) is 5.56 Å². The van der Waals surface area contributed by atoms with E-state index in [2.05, 4.69) is 0 Å². The predicted molar refractivity (Wildman–Crippen MR) is 55.4 cm³/mol. The van der Waals surface area contributed by atoms with Gasteiger partial charge < -0.3 is 5.11 Å². The minimum absolute atomic E-state index is 0.240. The van der Waals surface area contributed by atoms with Gasteiger partial charge in [0.25, 0.3) is 0 Å². The first kappa shape index (κ1) is 8.91. The van der Waals surface area contributed by atoms with Gasteiger partial charge in [-0.3, -0.25) is 4.79 Å². The maximum absolute atomic E-state index is 11.2. The van der Waals surface area contributed by atoms with E-state index in [1.54, 1.807) is 12.1 Å². The summed E-state index contributed by atoms with van der Waals surface area (Å²) >= 11 is 0. The summed E-state index contributed by atoms with van der Waals surface area (Å²) in [7, 11) is 0. The highest BCUT2D eigenvalue weighted by Gasteiger charge is 2.03. The van der Waals surface area contributed by atoms with E-state index in [0.717, 1.165) is 10.8 Å². The number of aliphatic hydroxyl groups excluding tert-OH is 1. The third-order valence-corrected chi connectivity index (χ3v) is 2.22. The van der Waals surface area contributed by atoms with Crippen molar-refractivity contribution in [2.45, 2.75) is 0 Å². The zero-order valence-electron chi connectivity index (χ0n) is 7.60. The molecule has 0 saturated heterocycles. The van der Waals surface area contributed by atoms with Gasteiger partial charge >= 0.3 is 0 Å². The second kappa shape index (κ2) is 3.60. The van der Waals surface area contributed by atoms with Crippen LogP contribution < -0.4 is 0 Å². The van der Waals surface area contributed by atoms with Gasteiger partial charge in [-0.05, 0) is 16.8 Å². The number of benzene rings is 2. The first-order chi connectivity index (χ1) is 6.81. The van der Waals surface area contributed by atoms with Crippen LogP contribution in [0.15, 0.2) is 42.5 Å². The number of ketones is 1. The average molecular weight is 186 g/mol. The summed E-state index contributed by atoms with van der Waals surface area (Å²) in [6.45, 7) is -0.432. The van der Waals surface area contributed by atoms with Gasteiger partial charge in [0.15, 0.2) is 5.78 Å². The van der Waals surface area contributed by atoms with Crippen molar-refractivity contribution in [2.75, 3.05) is 6.61 Å². The lowest BCUT2D eigenvalue weighted by molar-refractivity contribution is 0.0904. The number of Topliss-reactive ketones (excluding diaryl/α,β-unsaturated/α-hetero) is 1. The lowest BCUT2D eigenvalue weighted by Crippen LogP contribution is -2.03. The van der Waals surface area contributed by atoms with Crippen molar-refractivity contribution in [2.24, 2.45) is 0 Å². The minimum atomic E-state index is -0.432. The molecule has 2 nitrogen and oxygen atoms in total. The molecule has 0 atom stereocenters. The van der Waals surface area contributed by atoms with Crippen molar-refractivity contribution >= 4 is 16.6 Å².